The van der Waals surface area contributed by atoms with Gasteiger partial charge in [0.1, 0.15) is 6.73 Å². The van der Waals surface area contributed by atoms with E-state index >= 15 is 0 Å². The first kappa shape index (κ1) is 13.1. The first-order valence-corrected chi connectivity index (χ1v) is 4.80. The number of aliphatic hydroxyl groups is 1. The summed E-state index contributed by atoms with van der Waals surface area (Å²) in [5, 5.41) is 11.1. The van der Waals surface area contributed by atoms with Crippen LogP contribution in [0.4, 0.5) is 0 Å². The van der Waals surface area contributed by atoms with Crippen LogP contribution in [0.1, 0.15) is 26.2 Å². The lowest BCUT2D eigenvalue weighted by Crippen LogP contribution is -2.26. The van der Waals surface area contributed by atoms with Crippen molar-refractivity contribution in [3.63, 3.8) is 0 Å². The van der Waals surface area contributed by atoms with Gasteiger partial charge in [-0.3, -0.25) is 4.79 Å². The highest BCUT2D eigenvalue weighted by Gasteiger charge is 1.98. The van der Waals surface area contributed by atoms with E-state index in [1.165, 1.54) is 0 Å². The number of amides is 1. The summed E-state index contributed by atoms with van der Waals surface area (Å²) in [6.07, 6.45) is 2.66. The third-order valence-electron chi connectivity index (χ3n) is 1.67. The van der Waals surface area contributed by atoms with Crippen LogP contribution in [0, 0.1) is 0 Å². The number of aliphatic hydroxyl groups excluding tert-OH is 1. The summed E-state index contributed by atoms with van der Waals surface area (Å²) in [5.74, 6) is -0.180. The molecule has 0 fully saturated rings. The molecule has 14 heavy (non-hydrogen) atoms. The number of carbonyl (C=O) groups excluding carboxylic acids is 1. The van der Waals surface area contributed by atoms with Crippen LogP contribution in [-0.2, 0) is 9.53 Å². The third-order valence-corrected chi connectivity index (χ3v) is 1.67. The third kappa shape index (κ3) is 7.76. The first-order valence-electron chi connectivity index (χ1n) is 4.80. The Morgan fingerprint density at radius 1 is 1.43 bits per heavy atom. The minimum absolute atomic E-state index is 0.180. The van der Waals surface area contributed by atoms with Crippen LogP contribution in [0.2, 0.25) is 0 Å². The topological polar surface area (TPSA) is 58.6 Å². The summed E-state index contributed by atoms with van der Waals surface area (Å²) in [6, 6.07) is 0. The monoisotopic (exact) mass is 201 g/mol. The van der Waals surface area contributed by atoms with Crippen molar-refractivity contribution in [1.82, 2.24) is 5.32 Å². The SMILES string of the molecule is C=C(C)C(=O)NCOCCCCCO. The maximum absolute atomic E-state index is 11.0. The molecule has 0 heterocycles. The summed E-state index contributed by atoms with van der Waals surface area (Å²) >= 11 is 0. The highest BCUT2D eigenvalue weighted by atomic mass is 16.5. The maximum Gasteiger partial charge on any atom is 0.248 e. The minimum atomic E-state index is -0.180. The van der Waals surface area contributed by atoms with Gasteiger partial charge in [-0.05, 0) is 26.2 Å². The summed E-state index contributed by atoms with van der Waals surface area (Å²) in [6.45, 7) is 6.21. The summed E-state index contributed by atoms with van der Waals surface area (Å²) < 4.78 is 5.15. The van der Waals surface area contributed by atoms with Gasteiger partial charge in [0.05, 0.1) is 0 Å². The summed E-state index contributed by atoms with van der Waals surface area (Å²) in [5.41, 5.74) is 0.480. The van der Waals surface area contributed by atoms with Crippen LogP contribution < -0.4 is 5.32 Å². The molecule has 0 aliphatic carbocycles. The largest absolute Gasteiger partial charge is 0.396 e. The molecule has 0 radical (unpaired) electrons. The fourth-order valence-corrected chi connectivity index (χ4v) is 0.832. The minimum Gasteiger partial charge on any atom is -0.396 e. The molecule has 2 N–H and O–H groups in total. The Balaban J connectivity index is 3.13. The maximum atomic E-state index is 11.0. The van der Waals surface area contributed by atoms with Crippen molar-refractivity contribution in [2.75, 3.05) is 19.9 Å². The number of unbranched alkanes of at least 4 members (excludes halogenated alkanes) is 2. The normalized spacial score (nSPS) is 9.86. The Labute approximate surface area is 85.0 Å². The van der Waals surface area contributed by atoms with E-state index in [0.29, 0.717) is 12.2 Å². The summed E-state index contributed by atoms with van der Waals surface area (Å²) in [4.78, 5) is 11.0. The molecule has 4 heteroatoms. The lowest BCUT2D eigenvalue weighted by molar-refractivity contribution is -0.119. The van der Waals surface area contributed by atoms with Crippen molar-refractivity contribution in [3.05, 3.63) is 12.2 Å². The van der Waals surface area contributed by atoms with Crippen molar-refractivity contribution in [3.8, 4) is 0 Å². The number of hydrogen-bond acceptors (Lipinski definition) is 3. The van der Waals surface area contributed by atoms with Gasteiger partial charge in [-0.2, -0.15) is 0 Å². The molecule has 82 valence electrons. The number of nitrogens with one attached hydrogen (secondary N) is 1. The molecular weight excluding hydrogens is 182 g/mol. The zero-order valence-corrected chi connectivity index (χ0v) is 8.71. The predicted octanol–water partition coefficient (Wildman–Crippen LogP) is 0.815. The van der Waals surface area contributed by atoms with Gasteiger partial charge < -0.3 is 15.2 Å². The molecule has 1 amide bonds. The quantitative estimate of drug-likeness (QED) is 0.347. The zero-order valence-electron chi connectivity index (χ0n) is 8.71. The van der Waals surface area contributed by atoms with Crippen LogP contribution in [0.3, 0.4) is 0 Å². The van der Waals surface area contributed by atoms with Crippen molar-refractivity contribution >= 4 is 5.91 Å². The smallest absolute Gasteiger partial charge is 0.248 e. The second-order valence-corrected chi connectivity index (χ2v) is 3.12. The highest BCUT2D eigenvalue weighted by molar-refractivity contribution is 5.91. The van der Waals surface area contributed by atoms with Gasteiger partial charge in [0.15, 0.2) is 0 Å². The van der Waals surface area contributed by atoms with Crippen LogP contribution in [0.15, 0.2) is 12.2 Å². The Kier molecular flexibility index (Phi) is 8.17. The molecule has 0 saturated carbocycles. The van der Waals surface area contributed by atoms with Gasteiger partial charge in [0, 0.05) is 18.8 Å². The average molecular weight is 201 g/mol. The van der Waals surface area contributed by atoms with E-state index in [4.69, 9.17) is 9.84 Å². The lowest BCUT2D eigenvalue weighted by atomic mass is 10.2. The molecular formula is C10H19NO3. The van der Waals surface area contributed by atoms with Crippen molar-refractivity contribution in [1.29, 1.82) is 0 Å². The average Bonchev–Trinajstić information content (AvgIpc) is 2.16. The molecule has 0 aliphatic heterocycles. The number of rotatable bonds is 8. The van der Waals surface area contributed by atoms with Gasteiger partial charge in [-0.1, -0.05) is 6.58 Å². The van der Waals surface area contributed by atoms with Crippen LogP contribution >= 0.6 is 0 Å². The molecule has 4 nitrogen and oxygen atoms in total. The molecule has 0 aliphatic rings. The van der Waals surface area contributed by atoms with Crippen LogP contribution in [-0.4, -0.2) is 31.0 Å². The number of ether oxygens (including phenoxy) is 1. The van der Waals surface area contributed by atoms with E-state index in [2.05, 4.69) is 11.9 Å². The second-order valence-electron chi connectivity index (χ2n) is 3.12. The van der Waals surface area contributed by atoms with E-state index in [1.807, 2.05) is 0 Å². The van der Waals surface area contributed by atoms with Crippen molar-refractivity contribution < 1.29 is 14.6 Å². The van der Waals surface area contributed by atoms with Gasteiger partial charge in [-0.25, -0.2) is 0 Å². The molecule has 0 bridgehead atoms. The van der Waals surface area contributed by atoms with Crippen LogP contribution in [0.25, 0.3) is 0 Å². The molecule has 0 atom stereocenters. The fourth-order valence-electron chi connectivity index (χ4n) is 0.832. The molecule has 0 aromatic heterocycles. The Hall–Kier alpha value is -0.870. The fraction of sp³-hybridized carbons (Fsp3) is 0.700. The second kappa shape index (κ2) is 8.72. The van der Waals surface area contributed by atoms with Crippen LogP contribution in [0.5, 0.6) is 0 Å². The van der Waals surface area contributed by atoms with Crippen molar-refractivity contribution in [2.45, 2.75) is 26.2 Å². The van der Waals surface area contributed by atoms with E-state index in [-0.39, 0.29) is 19.2 Å². The standard InChI is InChI=1S/C10H19NO3/c1-9(2)10(13)11-8-14-7-5-3-4-6-12/h12H,1,3-8H2,2H3,(H,11,13). The van der Waals surface area contributed by atoms with E-state index in [9.17, 15) is 4.79 Å². The van der Waals surface area contributed by atoms with E-state index < -0.39 is 0 Å². The summed E-state index contributed by atoms with van der Waals surface area (Å²) in [7, 11) is 0. The molecule has 0 aromatic rings. The number of carbonyl (C=O) groups is 1. The predicted molar refractivity (Wildman–Crippen MR) is 54.7 cm³/mol. The Bertz CT molecular complexity index is 180. The van der Waals surface area contributed by atoms with Gasteiger partial charge in [0.2, 0.25) is 5.91 Å². The molecule has 0 rings (SSSR count). The molecule has 0 saturated heterocycles. The van der Waals surface area contributed by atoms with Gasteiger partial charge in [-0.15, -0.1) is 0 Å². The van der Waals surface area contributed by atoms with Crippen molar-refractivity contribution in [2.24, 2.45) is 0 Å². The first-order chi connectivity index (χ1) is 6.68. The van der Waals surface area contributed by atoms with E-state index in [1.54, 1.807) is 6.92 Å². The number of hydrogen-bond donors (Lipinski definition) is 2. The van der Waals surface area contributed by atoms with Gasteiger partial charge >= 0.3 is 0 Å². The van der Waals surface area contributed by atoms with Gasteiger partial charge in [0.25, 0.3) is 0 Å². The highest BCUT2D eigenvalue weighted by Crippen LogP contribution is 1.94. The lowest BCUT2D eigenvalue weighted by Gasteiger charge is -2.05. The zero-order chi connectivity index (χ0) is 10.8. The molecule has 0 spiro atoms. The van der Waals surface area contributed by atoms with E-state index in [0.717, 1.165) is 19.3 Å². The molecule has 0 unspecified atom stereocenters. The Morgan fingerprint density at radius 3 is 2.71 bits per heavy atom. The molecule has 0 aromatic carbocycles. The Morgan fingerprint density at radius 2 is 2.14 bits per heavy atom.